The number of rotatable bonds is 4. The summed E-state index contributed by atoms with van der Waals surface area (Å²) in [5.41, 5.74) is 3.59. The highest BCUT2D eigenvalue weighted by Crippen LogP contribution is 2.23. The summed E-state index contributed by atoms with van der Waals surface area (Å²) in [6.45, 7) is 3.34. The highest BCUT2D eigenvalue weighted by atomic mass is 19.1. The van der Waals surface area contributed by atoms with Gasteiger partial charge in [0.05, 0.1) is 11.4 Å². The fourth-order valence-corrected chi connectivity index (χ4v) is 3.72. The second-order valence-corrected chi connectivity index (χ2v) is 7.39. The third kappa shape index (κ3) is 4.21. The van der Waals surface area contributed by atoms with Crippen LogP contribution in [0.5, 0.6) is 0 Å². The smallest absolute Gasteiger partial charge is 0.151 e. The minimum Gasteiger partial charge on any atom is -0.353 e. The molecule has 5 rings (SSSR count). The molecule has 1 fully saturated rings. The Morgan fingerprint density at radius 3 is 1.97 bits per heavy atom. The molecule has 0 atom stereocenters. The lowest BCUT2D eigenvalue weighted by Crippen LogP contribution is -2.47. The SMILES string of the molecule is Fc1ccc(-c2ccc(N3CCN(c4cc(-c5ccccc5)ncn4)CC3)nn2)cc1. The van der Waals surface area contributed by atoms with Crippen LogP contribution in [0.3, 0.4) is 0 Å². The maximum atomic E-state index is 13.1. The number of hydrogen-bond donors (Lipinski definition) is 0. The largest absolute Gasteiger partial charge is 0.353 e. The maximum Gasteiger partial charge on any atom is 0.151 e. The second-order valence-electron chi connectivity index (χ2n) is 7.39. The standard InChI is InChI=1S/C24H21FN6/c25-20-8-6-19(7-9-20)21-10-11-23(29-28-21)30-12-14-31(15-13-30)24-16-22(26-17-27-24)18-4-2-1-3-5-18/h1-11,16-17H,12-15H2. The molecule has 154 valence electrons. The van der Waals surface area contributed by atoms with E-state index < -0.39 is 0 Å². The van der Waals surface area contributed by atoms with Crippen molar-refractivity contribution in [3.63, 3.8) is 0 Å². The zero-order chi connectivity index (χ0) is 21.0. The lowest BCUT2D eigenvalue weighted by molar-refractivity contribution is 0.628. The van der Waals surface area contributed by atoms with Crippen molar-refractivity contribution in [1.29, 1.82) is 0 Å². The van der Waals surface area contributed by atoms with Gasteiger partial charge in [0, 0.05) is 43.4 Å². The Morgan fingerprint density at radius 1 is 0.613 bits per heavy atom. The molecule has 31 heavy (non-hydrogen) atoms. The number of benzene rings is 2. The molecule has 0 unspecified atom stereocenters. The van der Waals surface area contributed by atoms with Crippen molar-refractivity contribution in [3.8, 4) is 22.5 Å². The monoisotopic (exact) mass is 412 g/mol. The molecule has 1 aliphatic heterocycles. The average Bonchev–Trinajstić information content (AvgIpc) is 2.85. The van der Waals surface area contributed by atoms with Crippen molar-refractivity contribution in [2.75, 3.05) is 36.0 Å². The average molecular weight is 412 g/mol. The minimum absolute atomic E-state index is 0.259. The van der Waals surface area contributed by atoms with E-state index in [-0.39, 0.29) is 5.82 Å². The van der Waals surface area contributed by atoms with Gasteiger partial charge in [-0.3, -0.25) is 0 Å². The van der Waals surface area contributed by atoms with Crippen LogP contribution in [0.1, 0.15) is 0 Å². The topological polar surface area (TPSA) is 58.0 Å². The Kier molecular flexibility index (Phi) is 5.22. The van der Waals surface area contributed by atoms with Gasteiger partial charge in [0.1, 0.15) is 18.0 Å². The molecule has 0 radical (unpaired) electrons. The van der Waals surface area contributed by atoms with Crippen LogP contribution in [-0.4, -0.2) is 46.3 Å². The molecule has 0 saturated carbocycles. The number of hydrogen-bond acceptors (Lipinski definition) is 6. The molecule has 7 heteroatoms. The van der Waals surface area contributed by atoms with E-state index in [4.69, 9.17) is 0 Å². The number of halogens is 1. The zero-order valence-electron chi connectivity index (χ0n) is 16.9. The lowest BCUT2D eigenvalue weighted by atomic mass is 10.1. The van der Waals surface area contributed by atoms with Gasteiger partial charge in [0.2, 0.25) is 0 Å². The first-order chi connectivity index (χ1) is 15.3. The molecule has 2 aromatic heterocycles. The van der Waals surface area contributed by atoms with E-state index in [0.29, 0.717) is 0 Å². The molecule has 1 saturated heterocycles. The molecule has 0 bridgehead atoms. The third-order valence-electron chi connectivity index (χ3n) is 5.44. The summed E-state index contributed by atoms with van der Waals surface area (Å²) in [5, 5.41) is 8.72. The van der Waals surface area contributed by atoms with Gasteiger partial charge in [0.15, 0.2) is 5.82 Å². The normalized spacial score (nSPS) is 14.0. The van der Waals surface area contributed by atoms with E-state index in [1.807, 2.05) is 36.4 Å². The number of anilines is 2. The molecule has 6 nitrogen and oxygen atoms in total. The second kappa shape index (κ2) is 8.47. The summed E-state index contributed by atoms with van der Waals surface area (Å²) in [6.07, 6.45) is 1.63. The van der Waals surface area contributed by atoms with Crippen LogP contribution in [0.4, 0.5) is 16.0 Å². The maximum absolute atomic E-state index is 13.1. The first-order valence-electron chi connectivity index (χ1n) is 10.2. The van der Waals surface area contributed by atoms with Crippen molar-refractivity contribution in [2.24, 2.45) is 0 Å². The van der Waals surface area contributed by atoms with Crippen molar-refractivity contribution in [3.05, 3.63) is 84.9 Å². The van der Waals surface area contributed by atoms with Gasteiger partial charge < -0.3 is 9.80 Å². The number of nitrogens with zero attached hydrogens (tertiary/aromatic N) is 6. The van der Waals surface area contributed by atoms with Gasteiger partial charge in [-0.2, -0.15) is 0 Å². The van der Waals surface area contributed by atoms with E-state index >= 15 is 0 Å². The van der Waals surface area contributed by atoms with Crippen molar-refractivity contribution < 1.29 is 4.39 Å². The Bertz CT molecular complexity index is 1140. The first kappa shape index (κ1) is 19.1. The highest BCUT2D eigenvalue weighted by molar-refractivity contribution is 5.63. The molecule has 4 aromatic rings. The van der Waals surface area contributed by atoms with Crippen molar-refractivity contribution in [1.82, 2.24) is 20.2 Å². The van der Waals surface area contributed by atoms with Gasteiger partial charge in [-0.05, 0) is 36.4 Å². The first-order valence-corrected chi connectivity index (χ1v) is 10.2. The van der Waals surface area contributed by atoms with Crippen LogP contribution in [0.15, 0.2) is 79.1 Å². The predicted molar refractivity (Wildman–Crippen MR) is 119 cm³/mol. The Morgan fingerprint density at radius 2 is 1.29 bits per heavy atom. The van der Waals surface area contributed by atoms with Crippen molar-refractivity contribution in [2.45, 2.75) is 0 Å². The fourth-order valence-electron chi connectivity index (χ4n) is 3.72. The van der Waals surface area contributed by atoms with Gasteiger partial charge >= 0.3 is 0 Å². The van der Waals surface area contributed by atoms with Crippen LogP contribution >= 0.6 is 0 Å². The Labute approximate surface area is 180 Å². The van der Waals surface area contributed by atoms with Gasteiger partial charge in [-0.25, -0.2) is 14.4 Å². The van der Waals surface area contributed by atoms with E-state index in [9.17, 15) is 4.39 Å². The van der Waals surface area contributed by atoms with E-state index in [1.165, 1.54) is 12.1 Å². The molecular formula is C24H21FN6. The predicted octanol–water partition coefficient (Wildman–Crippen LogP) is 4.07. The molecule has 0 spiro atoms. The minimum atomic E-state index is -0.259. The molecular weight excluding hydrogens is 391 g/mol. The molecule has 0 aliphatic carbocycles. The third-order valence-corrected chi connectivity index (χ3v) is 5.44. The Balaban J connectivity index is 1.25. The van der Waals surface area contributed by atoms with Crippen LogP contribution in [0.2, 0.25) is 0 Å². The van der Waals surface area contributed by atoms with Gasteiger partial charge in [0.25, 0.3) is 0 Å². The molecule has 0 N–H and O–H groups in total. The molecule has 3 heterocycles. The summed E-state index contributed by atoms with van der Waals surface area (Å²) in [7, 11) is 0. The summed E-state index contributed by atoms with van der Waals surface area (Å²) >= 11 is 0. The molecule has 0 amide bonds. The quantitative estimate of drug-likeness (QED) is 0.504. The fraction of sp³-hybridized carbons (Fsp3) is 0.167. The summed E-state index contributed by atoms with van der Waals surface area (Å²) < 4.78 is 13.1. The number of piperazine rings is 1. The van der Waals surface area contributed by atoms with Crippen molar-refractivity contribution >= 4 is 11.6 Å². The number of aromatic nitrogens is 4. The van der Waals surface area contributed by atoms with E-state index in [1.54, 1.807) is 18.5 Å². The van der Waals surface area contributed by atoms with Crippen LogP contribution in [-0.2, 0) is 0 Å². The van der Waals surface area contributed by atoms with Crippen LogP contribution in [0.25, 0.3) is 22.5 Å². The van der Waals surface area contributed by atoms with Crippen LogP contribution in [0, 0.1) is 5.82 Å². The Hall–Kier alpha value is -3.87. The molecule has 2 aromatic carbocycles. The van der Waals surface area contributed by atoms with E-state index in [2.05, 4.69) is 42.1 Å². The lowest BCUT2D eigenvalue weighted by Gasteiger charge is -2.35. The summed E-state index contributed by atoms with van der Waals surface area (Å²) in [4.78, 5) is 13.4. The summed E-state index contributed by atoms with van der Waals surface area (Å²) in [6, 6.07) is 22.4. The summed E-state index contributed by atoms with van der Waals surface area (Å²) in [5.74, 6) is 1.52. The van der Waals surface area contributed by atoms with E-state index in [0.717, 1.165) is 60.3 Å². The molecule has 1 aliphatic rings. The van der Waals surface area contributed by atoms with Gasteiger partial charge in [-0.1, -0.05) is 30.3 Å². The van der Waals surface area contributed by atoms with Crippen LogP contribution < -0.4 is 9.80 Å². The van der Waals surface area contributed by atoms with Gasteiger partial charge in [-0.15, -0.1) is 10.2 Å². The zero-order valence-corrected chi connectivity index (χ0v) is 16.9. The highest BCUT2D eigenvalue weighted by Gasteiger charge is 2.20.